The Morgan fingerprint density at radius 2 is 2.15 bits per heavy atom. The normalized spacial score (nSPS) is 16.8. The lowest BCUT2D eigenvalue weighted by Crippen LogP contribution is -2.24. The summed E-state index contributed by atoms with van der Waals surface area (Å²) in [5.41, 5.74) is 1.33. The third-order valence-electron chi connectivity index (χ3n) is 4.36. The number of aromatic nitrogens is 2. The molecule has 2 heterocycles. The van der Waals surface area contributed by atoms with Crippen LogP contribution in [0.2, 0.25) is 10.8 Å². The van der Waals surface area contributed by atoms with E-state index in [9.17, 15) is 13.2 Å². The number of nitrogens with zero attached hydrogens (tertiary/aromatic N) is 1. The summed E-state index contributed by atoms with van der Waals surface area (Å²) in [7, 11) is -1.30. The molecule has 1 aromatic carbocycles. The van der Waals surface area contributed by atoms with E-state index in [0.717, 1.165) is 17.9 Å². The van der Waals surface area contributed by atoms with Crippen LogP contribution in [0, 0.1) is 0 Å². The van der Waals surface area contributed by atoms with Crippen molar-refractivity contribution in [2.24, 2.45) is 0 Å². The minimum atomic E-state index is -3.38. The van der Waals surface area contributed by atoms with Crippen molar-refractivity contribution in [3.8, 4) is 11.4 Å². The second-order valence-electron chi connectivity index (χ2n) is 6.47. The highest BCUT2D eigenvalue weighted by atomic mass is 35.5. The van der Waals surface area contributed by atoms with E-state index >= 15 is 0 Å². The molecule has 1 aliphatic rings. The Balaban J connectivity index is 1.99. The number of sulfone groups is 1. The molecule has 0 aliphatic heterocycles. The first-order valence-electron chi connectivity index (χ1n) is 7.99. The van der Waals surface area contributed by atoms with Gasteiger partial charge in [0.05, 0.1) is 9.92 Å². The van der Waals surface area contributed by atoms with E-state index in [-0.39, 0.29) is 21.3 Å². The highest BCUT2D eigenvalue weighted by Gasteiger charge is 2.17. The molecule has 26 heavy (non-hydrogen) atoms. The number of rotatable bonds is 2. The molecule has 0 spiro atoms. The predicted molar refractivity (Wildman–Crippen MR) is 103 cm³/mol. The van der Waals surface area contributed by atoms with Gasteiger partial charge in [0, 0.05) is 17.0 Å². The lowest BCUT2D eigenvalue weighted by molar-refractivity contribution is 0.567. The van der Waals surface area contributed by atoms with Crippen molar-refractivity contribution in [1.82, 2.24) is 9.97 Å². The second-order valence-corrected chi connectivity index (χ2v) is 8.89. The number of H-pyrrole nitrogens is 1. The van der Waals surface area contributed by atoms with Gasteiger partial charge < -0.3 is 9.40 Å². The lowest BCUT2D eigenvalue weighted by Gasteiger charge is -2.06. The van der Waals surface area contributed by atoms with Crippen molar-refractivity contribution in [2.75, 3.05) is 6.26 Å². The quantitative estimate of drug-likeness (QED) is 0.650. The van der Waals surface area contributed by atoms with Crippen LogP contribution in [-0.4, -0.2) is 32.5 Å². The molecule has 132 valence electrons. The van der Waals surface area contributed by atoms with Crippen molar-refractivity contribution >= 4 is 52.5 Å². The molecule has 2 aromatic heterocycles. The number of benzene rings is 1. The molecule has 0 radical (unpaired) electrons. The number of fused-ring (bicyclic) bond motifs is 3. The number of aromatic amines is 1. The molecule has 3 aromatic rings. The molecule has 0 saturated heterocycles. The van der Waals surface area contributed by atoms with Crippen molar-refractivity contribution in [3.05, 3.63) is 44.2 Å². The highest BCUT2D eigenvalue weighted by Crippen LogP contribution is 2.28. The largest absolute Gasteiger partial charge is 0.449 e. The summed E-state index contributed by atoms with van der Waals surface area (Å²) in [6, 6.07) is 4.32. The fourth-order valence-corrected chi connectivity index (χ4v) is 4.01. The minimum Gasteiger partial charge on any atom is -0.449 e. The Bertz CT molecular complexity index is 1340. The van der Waals surface area contributed by atoms with Crippen LogP contribution in [0.15, 0.2) is 32.3 Å². The summed E-state index contributed by atoms with van der Waals surface area (Å²) < 4.78 is 29.0. The topological polar surface area (TPSA) is 93.0 Å². The summed E-state index contributed by atoms with van der Waals surface area (Å²) in [6.45, 7) is 0. The summed E-state index contributed by atoms with van der Waals surface area (Å²) >= 11 is 6.25. The number of hydrogen-bond acceptors (Lipinski definition) is 5. The van der Waals surface area contributed by atoms with Crippen LogP contribution in [0.5, 0.6) is 0 Å². The molecule has 0 fully saturated rings. The van der Waals surface area contributed by atoms with Gasteiger partial charge in [-0.2, -0.15) is 0 Å². The van der Waals surface area contributed by atoms with Gasteiger partial charge in [0.2, 0.25) is 5.58 Å². The summed E-state index contributed by atoms with van der Waals surface area (Å²) in [5.74, 6) is 0.591. The van der Waals surface area contributed by atoms with Crippen molar-refractivity contribution < 1.29 is 12.8 Å². The first-order chi connectivity index (χ1) is 12.2. The van der Waals surface area contributed by atoms with E-state index in [1.807, 2.05) is 12.2 Å². The van der Waals surface area contributed by atoms with Crippen molar-refractivity contribution in [1.29, 1.82) is 0 Å². The van der Waals surface area contributed by atoms with E-state index in [0.29, 0.717) is 22.3 Å². The van der Waals surface area contributed by atoms with Crippen LogP contribution in [0.25, 0.3) is 34.6 Å². The fourth-order valence-electron chi connectivity index (χ4n) is 3.03. The average Bonchev–Trinajstić information content (AvgIpc) is 2.92. The number of hydrogen-bond donors (Lipinski definition) is 1. The van der Waals surface area contributed by atoms with Gasteiger partial charge in [-0.3, -0.25) is 4.79 Å². The van der Waals surface area contributed by atoms with Crippen molar-refractivity contribution in [3.63, 3.8) is 0 Å². The zero-order valence-corrected chi connectivity index (χ0v) is 15.6. The first kappa shape index (κ1) is 17.1. The Kier molecular flexibility index (Phi) is 3.85. The average molecular weight is 389 g/mol. The molecule has 0 saturated carbocycles. The zero-order valence-electron chi connectivity index (χ0n) is 14.0. The van der Waals surface area contributed by atoms with Gasteiger partial charge >= 0.3 is 0 Å². The van der Waals surface area contributed by atoms with Gasteiger partial charge in [-0.15, -0.1) is 0 Å². The van der Waals surface area contributed by atoms with Crippen molar-refractivity contribution in [2.45, 2.75) is 17.1 Å². The SMILES string of the molecule is BC1C=c2c(oc3c(=O)[nH]c(-c4ccc(S(C)(=O)=O)cc4Cl)nc23)=CC1. The predicted octanol–water partition coefficient (Wildman–Crippen LogP) is 0.626. The minimum absolute atomic E-state index is 0.104. The Labute approximate surface area is 154 Å². The monoisotopic (exact) mass is 388 g/mol. The molecule has 1 N–H and O–H groups in total. The third kappa shape index (κ3) is 2.79. The van der Waals surface area contributed by atoms with E-state index in [2.05, 4.69) is 17.8 Å². The molecular formula is C17H14BClN2O4S. The summed E-state index contributed by atoms with van der Waals surface area (Å²) in [5, 5.41) is 0.992. The zero-order chi connectivity index (χ0) is 18.6. The molecular weight excluding hydrogens is 375 g/mol. The van der Waals surface area contributed by atoms with Crippen LogP contribution in [0.3, 0.4) is 0 Å². The Hall–Kier alpha value is -2.32. The second kappa shape index (κ2) is 5.85. The van der Waals surface area contributed by atoms with Crippen LogP contribution >= 0.6 is 11.6 Å². The molecule has 6 nitrogen and oxygen atoms in total. The molecule has 0 bridgehead atoms. The third-order valence-corrected chi connectivity index (χ3v) is 5.78. The van der Waals surface area contributed by atoms with Gasteiger partial charge in [0.25, 0.3) is 5.56 Å². The van der Waals surface area contributed by atoms with Gasteiger partial charge in [-0.1, -0.05) is 17.7 Å². The molecule has 1 unspecified atom stereocenters. The van der Waals surface area contributed by atoms with Crippen LogP contribution in [0.4, 0.5) is 0 Å². The fraction of sp³-hybridized carbons (Fsp3) is 0.176. The maximum absolute atomic E-state index is 12.5. The van der Waals surface area contributed by atoms with E-state index < -0.39 is 15.4 Å². The standard InChI is InChI=1S/C17H14BClN2O4S/c1-26(23,24)9-3-4-10(12(19)7-9)16-20-14-11-6-8(18)2-5-13(11)25-15(14)17(22)21-16/h3-8H,2,18H2,1H3,(H,20,21,22). The Morgan fingerprint density at radius 1 is 1.38 bits per heavy atom. The number of halogens is 1. The molecule has 1 aliphatic carbocycles. The molecule has 0 amide bonds. The maximum Gasteiger partial charge on any atom is 0.294 e. The molecule has 1 atom stereocenters. The van der Waals surface area contributed by atoms with Gasteiger partial charge in [-0.05, 0) is 36.5 Å². The number of furan rings is 1. The Morgan fingerprint density at radius 3 is 2.85 bits per heavy atom. The van der Waals surface area contributed by atoms with E-state index in [1.165, 1.54) is 18.2 Å². The van der Waals surface area contributed by atoms with Crippen LogP contribution in [0.1, 0.15) is 6.42 Å². The maximum atomic E-state index is 12.5. The first-order valence-corrected chi connectivity index (χ1v) is 10.3. The van der Waals surface area contributed by atoms with E-state index in [1.54, 1.807) is 0 Å². The molecule has 9 heteroatoms. The summed E-state index contributed by atoms with van der Waals surface area (Å²) in [6.07, 6.45) is 5.94. The van der Waals surface area contributed by atoms with Gasteiger partial charge in [0.1, 0.15) is 24.6 Å². The smallest absolute Gasteiger partial charge is 0.294 e. The lowest BCUT2D eigenvalue weighted by atomic mass is 9.82. The highest BCUT2D eigenvalue weighted by molar-refractivity contribution is 7.90. The van der Waals surface area contributed by atoms with Crippen LogP contribution in [-0.2, 0) is 9.84 Å². The van der Waals surface area contributed by atoms with Crippen LogP contribution < -0.4 is 16.2 Å². The summed E-state index contributed by atoms with van der Waals surface area (Å²) in [4.78, 5) is 19.8. The molecule has 4 rings (SSSR count). The van der Waals surface area contributed by atoms with Gasteiger partial charge in [-0.25, -0.2) is 13.4 Å². The van der Waals surface area contributed by atoms with Gasteiger partial charge in [0.15, 0.2) is 9.84 Å². The van der Waals surface area contributed by atoms with E-state index in [4.69, 9.17) is 16.0 Å². The number of nitrogens with one attached hydrogen (secondary N) is 1.